The molecular weight excluding hydrogens is 448 g/mol. The fourth-order valence-corrected chi connectivity index (χ4v) is 7.23. The van der Waals surface area contributed by atoms with E-state index in [0.717, 1.165) is 41.6 Å². The van der Waals surface area contributed by atoms with Gasteiger partial charge < -0.3 is 9.72 Å². The van der Waals surface area contributed by atoms with E-state index >= 15 is 0 Å². The number of aromatic amines is 1. The molecule has 2 aliphatic carbocycles. The van der Waals surface area contributed by atoms with Gasteiger partial charge in [-0.05, 0) is 78.5 Å². The van der Waals surface area contributed by atoms with E-state index in [0.29, 0.717) is 11.6 Å². The van der Waals surface area contributed by atoms with Crippen molar-refractivity contribution in [1.82, 2.24) is 4.98 Å². The first kappa shape index (κ1) is 21.4. The molecule has 2 fully saturated rings. The van der Waals surface area contributed by atoms with E-state index in [9.17, 15) is 9.59 Å². The molecule has 1 aromatic heterocycles. The number of ether oxygens (including phenoxy) is 1. The summed E-state index contributed by atoms with van der Waals surface area (Å²) in [6, 6.07) is 26.1. The lowest BCUT2D eigenvalue weighted by molar-refractivity contribution is -0.123. The van der Waals surface area contributed by atoms with Crippen LogP contribution in [0, 0.1) is 11.8 Å². The molecule has 0 bridgehead atoms. The highest BCUT2D eigenvalue weighted by Gasteiger charge is 2.59. The molecule has 1 N–H and O–H groups in total. The lowest BCUT2D eigenvalue weighted by Gasteiger charge is -2.43. The average molecular weight is 477 g/mol. The molecule has 7 rings (SSSR count). The first-order valence-corrected chi connectivity index (χ1v) is 12.8. The second-order valence-corrected chi connectivity index (χ2v) is 10.4. The van der Waals surface area contributed by atoms with E-state index in [2.05, 4.69) is 35.3 Å². The first-order valence-electron chi connectivity index (χ1n) is 12.8. The molecule has 36 heavy (non-hydrogen) atoms. The van der Waals surface area contributed by atoms with Gasteiger partial charge in [0.15, 0.2) is 0 Å². The van der Waals surface area contributed by atoms with Gasteiger partial charge in [0.25, 0.3) is 0 Å². The molecule has 1 saturated carbocycles. The molecule has 2 heterocycles. The fraction of sp³-hybridized carbons (Fsp3) is 0.290. The number of hydrogen-bond acceptors (Lipinski definition) is 3. The zero-order valence-electron chi connectivity index (χ0n) is 20.2. The molecule has 0 radical (unpaired) electrons. The van der Waals surface area contributed by atoms with Crippen LogP contribution in [0.1, 0.15) is 53.8 Å². The monoisotopic (exact) mass is 476 g/mol. The van der Waals surface area contributed by atoms with Gasteiger partial charge in [0.1, 0.15) is 5.75 Å². The summed E-state index contributed by atoms with van der Waals surface area (Å²) in [5.74, 6) is 0.534. The first-order chi connectivity index (χ1) is 17.7. The number of H-pyrrole nitrogens is 1. The Morgan fingerprint density at radius 3 is 2.39 bits per heavy atom. The fourth-order valence-electron chi connectivity index (χ4n) is 7.23. The van der Waals surface area contributed by atoms with Gasteiger partial charge in [0.05, 0.1) is 24.6 Å². The maximum Gasteiger partial charge on any atom is 0.243 e. The summed E-state index contributed by atoms with van der Waals surface area (Å²) in [6.45, 7) is 0. The summed E-state index contributed by atoms with van der Waals surface area (Å²) in [5.41, 5.74) is 5.14. The molecule has 1 aliphatic heterocycles. The van der Waals surface area contributed by atoms with Crippen LogP contribution in [-0.2, 0) is 9.59 Å². The summed E-state index contributed by atoms with van der Waals surface area (Å²) in [5, 5.41) is 1.12. The molecule has 5 nitrogen and oxygen atoms in total. The number of aromatic nitrogens is 1. The second kappa shape index (κ2) is 8.09. The molecule has 5 heteroatoms. The average Bonchev–Trinajstić information content (AvgIpc) is 3.43. The highest BCUT2D eigenvalue weighted by molar-refractivity contribution is 6.24. The Bertz CT molecular complexity index is 1480. The Balaban J connectivity index is 1.40. The Kier molecular flexibility index (Phi) is 4.81. The lowest BCUT2D eigenvalue weighted by atomic mass is 9.58. The van der Waals surface area contributed by atoms with Crippen molar-refractivity contribution in [1.29, 1.82) is 0 Å². The lowest BCUT2D eigenvalue weighted by Crippen LogP contribution is -2.39. The standard InChI is InChI=1S/C31H28N2O3/c1-36-21-13-15-25-24(17-21)26-22-14-12-19(18-8-4-2-5-9-18)16-23(22)27-28(29(26)32-25)31(35)33(30(27)34)20-10-6-3-7-11-20/h2-11,13,15,17,19,22-23,27-28,32H,12,14,16H2,1H3. The topological polar surface area (TPSA) is 62.4 Å². The highest BCUT2D eigenvalue weighted by atomic mass is 16.5. The number of benzene rings is 3. The highest BCUT2D eigenvalue weighted by Crippen LogP contribution is 2.59. The van der Waals surface area contributed by atoms with Crippen LogP contribution in [0.4, 0.5) is 5.69 Å². The van der Waals surface area contributed by atoms with E-state index in [1.54, 1.807) is 7.11 Å². The molecule has 0 spiro atoms. The third-order valence-electron chi connectivity index (χ3n) is 8.76. The zero-order valence-corrected chi connectivity index (χ0v) is 20.2. The molecule has 180 valence electrons. The number of rotatable bonds is 3. The van der Waals surface area contributed by atoms with Gasteiger partial charge in [-0.3, -0.25) is 9.59 Å². The number of methoxy groups -OCH3 is 1. The smallest absolute Gasteiger partial charge is 0.243 e. The number of para-hydroxylation sites is 1. The predicted octanol–water partition coefficient (Wildman–Crippen LogP) is 6.13. The van der Waals surface area contributed by atoms with Crippen LogP contribution in [0.5, 0.6) is 5.75 Å². The van der Waals surface area contributed by atoms with Crippen molar-refractivity contribution in [3.8, 4) is 5.75 Å². The molecule has 3 aliphatic rings. The number of amides is 2. The molecule has 3 aromatic carbocycles. The molecular formula is C31H28N2O3. The Morgan fingerprint density at radius 2 is 1.64 bits per heavy atom. The van der Waals surface area contributed by atoms with E-state index < -0.39 is 5.92 Å². The minimum Gasteiger partial charge on any atom is -0.497 e. The van der Waals surface area contributed by atoms with Crippen molar-refractivity contribution in [3.05, 3.63) is 95.7 Å². The van der Waals surface area contributed by atoms with Gasteiger partial charge in [0, 0.05) is 16.6 Å². The quantitative estimate of drug-likeness (QED) is 0.362. The normalized spacial score (nSPS) is 27.0. The van der Waals surface area contributed by atoms with Crippen LogP contribution < -0.4 is 9.64 Å². The number of carbonyl (C=O) groups is 2. The SMILES string of the molecule is COc1ccc2[nH]c3c(c2c1)C1CCC(c2ccccc2)CC1C1C(=O)N(c2ccccc2)C(=O)C31. The minimum atomic E-state index is -0.484. The second-order valence-electron chi connectivity index (χ2n) is 10.4. The minimum absolute atomic E-state index is 0.0539. The Morgan fingerprint density at radius 1 is 0.889 bits per heavy atom. The molecule has 5 atom stereocenters. The van der Waals surface area contributed by atoms with Crippen LogP contribution in [0.3, 0.4) is 0 Å². The summed E-state index contributed by atoms with van der Waals surface area (Å²) in [4.78, 5) is 33.1. The largest absolute Gasteiger partial charge is 0.497 e. The zero-order chi connectivity index (χ0) is 24.4. The number of imide groups is 1. The molecule has 4 aromatic rings. The number of anilines is 1. The van der Waals surface area contributed by atoms with Crippen molar-refractivity contribution >= 4 is 28.4 Å². The predicted molar refractivity (Wildman–Crippen MR) is 139 cm³/mol. The molecule has 2 amide bonds. The maximum atomic E-state index is 14.0. The molecule has 5 unspecified atom stereocenters. The maximum absolute atomic E-state index is 14.0. The van der Waals surface area contributed by atoms with Crippen molar-refractivity contribution in [2.75, 3.05) is 12.0 Å². The van der Waals surface area contributed by atoms with E-state index in [4.69, 9.17) is 4.74 Å². The van der Waals surface area contributed by atoms with Gasteiger partial charge in [-0.15, -0.1) is 0 Å². The van der Waals surface area contributed by atoms with Crippen LogP contribution in [0.15, 0.2) is 78.9 Å². The summed E-state index contributed by atoms with van der Waals surface area (Å²) in [7, 11) is 1.68. The van der Waals surface area contributed by atoms with Gasteiger partial charge in [-0.2, -0.15) is 0 Å². The van der Waals surface area contributed by atoms with Crippen molar-refractivity contribution in [3.63, 3.8) is 0 Å². The van der Waals surface area contributed by atoms with Crippen LogP contribution in [-0.4, -0.2) is 23.9 Å². The van der Waals surface area contributed by atoms with Gasteiger partial charge in [0.2, 0.25) is 11.8 Å². The summed E-state index contributed by atoms with van der Waals surface area (Å²) < 4.78 is 5.55. The molecule has 1 saturated heterocycles. The number of nitrogens with zero attached hydrogens (tertiary/aromatic N) is 1. The van der Waals surface area contributed by atoms with Crippen molar-refractivity contribution < 1.29 is 14.3 Å². The third kappa shape index (κ3) is 3.01. The number of fused-ring (bicyclic) bond motifs is 8. The number of hydrogen-bond donors (Lipinski definition) is 1. The summed E-state index contributed by atoms with van der Waals surface area (Å²) in [6.07, 6.45) is 2.98. The van der Waals surface area contributed by atoms with E-state index in [1.165, 1.54) is 16.0 Å². The van der Waals surface area contributed by atoms with Gasteiger partial charge >= 0.3 is 0 Å². The van der Waals surface area contributed by atoms with Gasteiger partial charge in [-0.25, -0.2) is 4.90 Å². The van der Waals surface area contributed by atoms with Crippen molar-refractivity contribution in [2.24, 2.45) is 11.8 Å². The van der Waals surface area contributed by atoms with E-state index in [-0.39, 0.29) is 29.6 Å². The Hall–Kier alpha value is -3.86. The Labute approximate surface area is 210 Å². The van der Waals surface area contributed by atoms with Crippen molar-refractivity contribution in [2.45, 2.75) is 37.0 Å². The van der Waals surface area contributed by atoms with Crippen LogP contribution >= 0.6 is 0 Å². The number of nitrogens with one attached hydrogen (secondary N) is 1. The van der Waals surface area contributed by atoms with Gasteiger partial charge in [-0.1, -0.05) is 48.5 Å². The summed E-state index contributed by atoms with van der Waals surface area (Å²) >= 11 is 0. The van der Waals surface area contributed by atoms with Crippen LogP contribution in [0.25, 0.3) is 10.9 Å². The van der Waals surface area contributed by atoms with E-state index in [1.807, 2.05) is 48.5 Å². The third-order valence-corrected chi connectivity index (χ3v) is 8.76. The number of carbonyl (C=O) groups excluding carboxylic acids is 2. The van der Waals surface area contributed by atoms with Crippen LogP contribution in [0.2, 0.25) is 0 Å².